The summed E-state index contributed by atoms with van der Waals surface area (Å²) in [6, 6.07) is 34.2. The lowest BCUT2D eigenvalue weighted by molar-refractivity contribution is -0.118. The van der Waals surface area contributed by atoms with Crippen molar-refractivity contribution in [3.05, 3.63) is 143 Å². The number of aromatic amines is 1. The monoisotopic (exact) mass is 1050 g/mol. The van der Waals surface area contributed by atoms with Crippen molar-refractivity contribution < 1.29 is 51.8 Å². The van der Waals surface area contributed by atoms with Crippen molar-refractivity contribution in [3.8, 4) is 17.2 Å². The van der Waals surface area contributed by atoms with Crippen LogP contribution in [-0.4, -0.2) is 126 Å². The first kappa shape index (κ1) is 56.0. The number of rotatable bonds is 27. The highest BCUT2D eigenvalue weighted by Crippen LogP contribution is 2.51. The summed E-state index contributed by atoms with van der Waals surface area (Å²) in [7, 11) is 2.95. The highest BCUT2D eigenvalue weighted by Gasteiger charge is 2.51. The molecular weight excluding hydrogens is 988 g/mol. The number of para-hydroxylation sites is 1. The van der Waals surface area contributed by atoms with E-state index in [2.05, 4.69) is 52.6 Å². The van der Waals surface area contributed by atoms with Crippen LogP contribution in [0.4, 0.5) is 5.95 Å². The van der Waals surface area contributed by atoms with Gasteiger partial charge in [-0.25, -0.2) is 9.65 Å². The van der Waals surface area contributed by atoms with Gasteiger partial charge in [0.25, 0.3) is 20.0 Å². The third kappa shape index (κ3) is 13.6. The Morgan fingerprint density at radius 1 is 0.797 bits per heavy atom. The summed E-state index contributed by atoms with van der Waals surface area (Å²) in [5, 5.41) is 2.77. The fourth-order valence-electron chi connectivity index (χ4n) is 8.60. The first-order valence-corrected chi connectivity index (χ1v) is 26.6. The summed E-state index contributed by atoms with van der Waals surface area (Å²) in [5.41, 5.74) is 0.743. The summed E-state index contributed by atoms with van der Waals surface area (Å²) in [4.78, 5) is 50.7. The maximum Gasteiger partial charge on any atom is 0.280 e. The quantitative estimate of drug-likeness (QED) is 0.0282. The number of H-pyrrole nitrogens is 1. The molecule has 2 N–H and O–H groups in total. The number of methoxy groups -OCH3 is 3. The first-order valence-electron chi connectivity index (χ1n) is 24.5. The minimum Gasteiger partial charge on any atom is -0.497 e. The number of aromatic nitrogens is 4. The lowest BCUT2D eigenvalue weighted by atomic mass is 9.80. The zero-order chi connectivity index (χ0) is 52.8. The van der Waals surface area contributed by atoms with E-state index in [9.17, 15) is 14.4 Å². The van der Waals surface area contributed by atoms with E-state index in [1.807, 2.05) is 98.8 Å². The average Bonchev–Trinajstić information content (AvgIpc) is 4.00. The van der Waals surface area contributed by atoms with E-state index >= 15 is 0 Å². The van der Waals surface area contributed by atoms with E-state index in [0.29, 0.717) is 29.6 Å². The Morgan fingerprint density at radius 2 is 1.41 bits per heavy atom. The molecule has 0 bridgehead atoms. The first-order chi connectivity index (χ1) is 35.8. The molecule has 0 aliphatic carbocycles. The van der Waals surface area contributed by atoms with Gasteiger partial charge in [0.1, 0.15) is 41.2 Å². The van der Waals surface area contributed by atoms with Gasteiger partial charge in [-0.2, -0.15) is 4.98 Å². The maximum absolute atomic E-state index is 13.6. The Kier molecular flexibility index (Phi) is 20.2. The van der Waals surface area contributed by atoms with Crippen LogP contribution >= 0.6 is 20.3 Å². The molecule has 396 valence electrons. The van der Waals surface area contributed by atoms with Gasteiger partial charge in [0.15, 0.2) is 29.1 Å². The summed E-state index contributed by atoms with van der Waals surface area (Å²) in [6.45, 7) is 12.5. The lowest BCUT2D eigenvalue weighted by Gasteiger charge is -2.39. The number of nitrogens with zero attached hydrogens (tertiary/aromatic N) is 4. The number of nitrogens with one attached hydrogen (secondary N) is 2. The molecule has 0 radical (unpaired) electrons. The molecule has 1 unspecified atom stereocenters. The van der Waals surface area contributed by atoms with Gasteiger partial charge in [-0.05, 0) is 80.8 Å². The van der Waals surface area contributed by atoms with E-state index in [-0.39, 0.29) is 66.7 Å². The van der Waals surface area contributed by atoms with Gasteiger partial charge >= 0.3 is 0 Å². The largest absolute Gasteiger partial charge is 0.497 e. The second kappa shape index (κ2) is 26.7. The van der Waals surface area contributed by atoms with E-state index in [0.717, 1.165) is 16.7 Å². The van der Waals surface area contributed by atoms with Crippen molar-refractivity contribution in [1.29, 1.82) is 0 Å². The van der Waals surface area contributed by atoms with Crippen molar-refractivity contribution in [1.82, 2.24) is 24.2 Å². The number of carbonyl (C=O) groups is 2. The third-order valence-corrected chi connectivity index (χ3v) is 15.4. The van der Waals surface area contributed by atoms with Gasteiger partial charge in [0, 0.05) is 30.9 Å². The van der Waals surface area contributed by atoms with Crippen LogP contribution in [-0.2, 0) is 43.2 Å². The SMILES string of the molecule is COc1ccc(C(OC[C@H]2O[C@@H](n3cnc4c(=O)[nH]c(NC(=O)COc5ccccc5)nc43)[C@H](OC)[C@@H]2OP(OCCOCCSC(=O)C(C)C)N(C(C)C)C(C)C)(c2ccccc2)c2ccc(OC)cc2)cc1. The molecule has 18 nitrogen and oxygen atoms in total. The van der Waals surface area contributed by atoms with Crippen LogP contribution in [0, 0.1) is 5.92 Å². The molecule has 1 aliphatic heterocycles. The van der Waals surface area contributed by atoms with Crippen molar-refractivity contribution in [2.24, 2.45) is 5.92 Å². The number of fused-ring (bicyclic) bond motifs is 1. The average molecular weight is 1060 g/mol. The van der Waals surface area contributed by atoms with Gasteiger partial charge in [-0.1, -0.05) is 98.4 Å². The predicted molar refractivity (Wildman–Crippen MR) is 285 cm³/mol. The van der Waals surface area contributed by atoms with Crippen molar-refractivity contribution in [2.45, 2.75) is 83.8 Å². The molecule has 1 aliphatic rings. The summed E-state index contributed by atoms with van der Waals surface area (Å²) in [5.74, 6) is 1.65. The molecule has 2 aromatic heterocycles. The number of carbonyl (C=O) groups excluding carboxylic acids is 2. The zero-order valence-corrected chi connectivity index (χ0v) is 45.0. The summed E-state index contributed by atoms with van der Waals surface area (Å²) in [6.07, 6.45) is -2.19. The van der Waals surface area contributed by atoms with Crippen LogP contribution in [0.5, 0.6) is 17.2 Å². The Morgan fingerprint density at radius 3 is 1.99 bits per heavy atom. The number of imidazole rings is 1. The fourth-order valence-corrected chi connectivity index (χ4v) is 11.1. The molecular formula is C54H67N6O12PS. The number of amides is 1. The van der Waals surface area contributed by atoms with Gasteiger partial charge in [0.05, 0.1) is 47.0 Å². The van der Waals surface area contributed by atoms with E-state index in [1.165, 1.54) is 18.1 Å². The lowest BCUT2D eigenvalue weighted by Crippen LogP contribution is -2.42. The van der Waals surface area contributed by atoms with Crippen LogP contribution in [0.1, 0.15) is 64.5 Å². The molecule has 7 rings (SSSR count). The highest BCUT2D eigenvalue weighted by atomic mass is 32.2. The Balaban J connectivity index is 1.27. The fraction of sp³-hybridized carbons (Fsp3) is 0.426. The van der Waals surface area contributed by atoms with Crippen molar-refractivity contribution >= 4 is 48.4 Å². The van der Waals surface area contributed by atoms with E-state index < -0.39 is 50.1 Å². The predicted octanol–water partition coefficient (Wildman–Crippen LogP) is 8.76. The molecule has 4 aromatic carbocycles. The van der Waals surface area contributed by atoms with E-state index in [1.54, 1.807) is 50.2 Å². The molecule has 0 saturated carbocycles. The molecule has 0 spiro atoms. The maximum atomic E-state index is 13.6. The molecule has 1 amide bonds. The van der Waals surface area contributed by atoms with Gasteiger partial charge in [-0.15, -0.1) is 0 Å². The zero-order valence-electron chi connectivity index (χ0n) is 43.3. The normalized spacial score (nSPS) is 17.4. The molecule has 1 fully saturated rings. The van der Waals surface area contributed by atoms with Crippen molar-refractivity contribution in [2.75, 3.05) is 65.4 Å². The Labute approximate surface area is 437 Å². The minimum atomic E-state index is -1.85. The number of benzene rings is 4. The van der Waals surface area contributed by atoms with E-state index in [4.69, 9.17) is 42.2 Å². The Bertz CT molecular complexity index is 2710. The molecule has 1 saturated heterocycles. The van der Waals surface area contributed by atoms with Crippen LogP contribution < -0.4 is 25.1 Å². The minimum absolute atomic E-state index is 0.00427. The van der Waals surface area contributed by atoms with Crippen LogP contribution in [0.2, 0.25) is 0 Å². The van der Waals surface area contributed by atoms with Crippen LogP contribution in [0.15, 0.2) is 120 Å². The summed E-state index contributed by atoms with van der Waals surface area (Å²) >= 11 is 1.26. The molecule has 6 aromatic rings. The number of hydrogen-bond donors (Lipinski definition) is 2. The molecule has 3 heterocycles. The number of ether oxygens (including phenoxy) is 7. The number of anilines is 1. The second-order valence-corrected chi connectivity index (χ2v) is 20.6. The third-order valence-electron chi connectivity index (χ3n) is 12.1. The molecule has 20 heteroatoms. The topological polar surface area (TPSA) is 196 Å². The van der Waals surface area contributed by atoms with Gasteiger partial charge < -0.3 is 42.2 Å². The molecule has 5 atom stereocenters. The Hall–Kier alpha value is -5.73. The molecule has 74 heavy (non-hydrogen) atoms. The highest BCUT2D eigenvalue weighted by molar-refractivity contribution is 8.13. The van der Waals surface area contributed by atoms with Crippen molar-refractivity contribution in [3.63, 3.8) is 0 Å². The summed E-state index contributed by atoms with van der Waals surface area (Å²) < 4.78 is 61.4. The van der Waals surface area contributed by atoms with Gasteiger partial charge in [-0.3, -0.25) is 29.3 Å². The number of thioether (sulfide) groups is 1. The van der Waals surface area contributed by atoms with Crippen LogP contribution in [0.3, 0.4) is 0 Å². The standard InChI is InChI=1S/C54H67N6O12PS/c1-35(2)52(63)74-31-30-67-28-29-70-73(60(36(3)4)37(5)6)72-47-44(32-69-54(38-16-12-10-13-17-38,39-20-24-41(64-7)25-21-39)40-22-26-42(65-8)27-23-40)71-51(48(47)66-9)59-34-55-46-49(59)57-53(58-50(46)62)56-45(61)33-68-43-18-14-11-15-19-43/h10-27,34-37,44,47-48,51H,28-33H2,1-9H3,(H2,56,57,58,61,62)/t44-,47-,48-,51-,73?/m1/s1. The van der Waals surface area contributed by atoms with Gasteiger partial charge in [0.2, 0.25) is 5.95 Å². The second-order valence-electron chi connectivity index (χ2n) is 18.1. The van der Waals surface area contributed by atoms with Crippen LogP contribution in [0.25, 0.3) is 11.2 Å². The number of hydrogen-bond acceptors (Lipinski definition) is 16. The smallest absolute Gasteiger partial charge is 0.280 e.